The van der Waals surface area contributed by atoms with Crippen LogP contribution in [0.3, 0.4) is 0 Å². The van der Waals surface area contributed by atoms with Gasteiger partial charge in [0.15, 0.2) is 0 Å². The molecule has 0 heterocycles. The fourth-order valence-electron chi connectivity index (χ4n) is 2.15. The molecule has 1 unspecified atom stereocenters. The number of benzene rings is 2. The van der Waals surface area contributed by atoms with E-state index in [9.17, 15) is 13.9 Å². The van der Waals surface area contributed by atoms with E-state index in [4.69, 9.17) is 9.47 Å². The van der Waals surface area contributed by atoms with Crippen LogP contribution in [0, 0.1) is 11.6 Å². The minimum Gasteiger partial charge on any atom is -0.497 e. The van der Waals surface area contributed by atoms with E-state index >= 15 is 0 Å². The first kappa shape index (κ1) is 17.2. The van der Waals surface area contributed by atoms with Crippen molar-refractivity contribution in [3.05, 3.63) is 59.2 Å². The largest absolute Gasteiger partial charge is 0.497 e. The number of ether oxygens (including phenoxy) is 2. The van der Waals surface area contributed by atoms with Gasteiger partial charge in [0, 0.05) is 30.8 Å². The van der Waals surface area contributed by atoms with Crippen LogP contribution in [0.5, 0.6) is 11.5 Å². The maximum Gasteiger partial charge on any atom is 0.130 e. The highest BCUT2D eigenvalue weighted by molar-refractivity contribution is 5.39. The fourth-order valence-corrected chi connectivity index (χ4v) is 2.15. The molecule has 0 amide bonds. The summed E-state index contributed by atoms with van der Waals surface area (Å²) in [6, 6.07) is 8.51. The third-order valence-corrected chi connectivity index (χ3v) is 3.43. The van der Waals surface area contributed by atoms with Gasteiger partial charge < -0.3 is 19.9 Å². The lowest BCUT2D eigenvalue weighted by molar-refractivity contribution is 0.173. The highest BCUT2D eigenvalue weighted by Crippen LogP contribution is 2.26. The van der Waals surface area contributed by atoms with Gasteiger partial charge in [-0.15, -0.1) is 0 Å². The van der Waals surface area contributed by atoms with E-state index in [2.05, 4.69) is 5.32 Å². The standard InChI is InChI=1S/C17H19F2NO3/c1-22-14-5-12(6-15(8-14)23-2)17(21)10-20-9-11-3-4-13(18)7-16(11)19/h3-8,17,20-21H,9-10H2,1-2H3. The minimum absolute atomic E-state index is 0.185. The maximum atomic E-state index is 13.5. The van der Waals surface area contributed by atoms with Gasteiger partial charge >= 0.3 is 0 Å². The second kappa shape index (κ2) is 7.89. The number of nitrogens with one attached hydrogen (secondary N) is 1. The summed E-state index contributed by atoms with van der Waals surface area (Å²) >= 11 is 0. The van der Waals surface area contributed by atoms with E-state index in [1.54, 1.807) is 18.2 Å². The molecule has 0 fully saturated rings. The number of halogens is 2. The molecule has 2 aromatic carbocycles. The molecule has 2 N–H and O–H groups in total. The fraction of sp³-hybridized carbons (Fsp3) is 0.294. The van der Waals surface area contributed by atoms with Gasteiger partial charge in [-0.1, -0.05) is 6.07 Å². The highest BCUT2D eigenvalue weighted by Gasteiger charge is 2.11. The Morgan fingerprint density at radius 3 is 2.26 bits per heavy atom. The van der Waals surface area contributed by atoms with Gasteiger partial charge in [-0.05, 0) is 23.8 Å². The Balaban J connectivity index is 1.98. The van der Waals surface area contributed by atoms with E-state index in [0.29, 0.717) is 22.6 Å². The predicted octanol–water partition coefficient (Wildman–Crippen LogP) is 2.81. The molecule has 0 aromatic heterocycles. The summed E-state index contributed by atoms with van der Waals surface area (Å²) in [6.45, 7) is 0.386. The molecule has 0 saturated heterocycles. The van der Waals surface area contributed by atoms with Crippen molar-refractivity contribution in [3.8, 4) is 11.5 Å². The molecule has 0 spiro atoms. The highest BCUT2D eigenvalue weighted by atomic mass is 19.1. The van der Waals surface area contributed by atoms with Gasteiger partial charge in [-0.2, -0.15) is 0 Å². The van der Waals surface area contributed by atoms with Crippen molar-refractivity contribution in [3.63, 3.8) is 0 Å². The summed E-state index contributed by atoms with van der Waals surface area (Å²) in [4.78, 5) is 0. The SMILES string of the molecule is COc1cc(OC)cc(C(O)CNCc2ccc(F)cc2F)c1. The van der Waals surface area contributed by atoms with Gasteiger partial charge in [-0.25, -0.2) is 8.78 Å². The van der Waals surface area contributed by atoms with Crippen molar-refractivity contribution in [1.29, 1.82) is 0 Å². The summed E-state index contributed by atoms with van der Waals surface area (Å²) in [6.07, 6.45) is -0.817. The number of aliphatic hydroxyl groups excluding tert-OH is 1. The quantitative estimate of drug-likeness (QED) is 0.823. The van der Waals surface area contributed by atoms with Gasteiger partial charge in [-0.3, -0.25) is 0 Å². The summed E-state index contributed by atoms with van der Waals surface area (Å²) in [5, 5.41) is 13.2. The molecule has 1 atom stereocenters. The molecule has 23 heavy (non-hydrogen) atoms. The van der Waals surface area contributed by atoms with Crippen LogP contribution in [0.1, 0.15) is 17.2 Å². The number of hydrogen-bond donors (Lipinski definition) is 2. The topological polar surface area (TPSA) is 50.7 Å². The van der Waals surface area contributed by atoms with Crippen molar-refractivity contribution < 1.29 is 23.4 Å². The van der Waals surface area contributed by atoms with Crippen molar-refractivity contribution in [2.75, 3.05) is 20.8 Å². The minimum atomic E-state index is -0.817. The summed E-state index contributed by atoms with van der Waals surface area (Å²) < 4.78 is 36.7. The van der Waals surface area contributed by atoms with Crippen LogP contribution in [-0.4, -0.2) is 25.9 Å². The van der Waals surface area contributed by atoms with Gasteiger partial charge in [0.2, 0.25) is 0 Å². The Hall–Kier alpha value is -2.18. The molecule has 2 aromatic rings. The molecule has 2 rings (SSSR count). The normalized spacial score (nSPS) is 12.0. The number of aliphatic hydroxyl groups is 1. The third kappa shape index (κ3) is 4.64. The van der Waals surface area contributed by atoms with Crippen LogP contribution in [0.2, 0.25) is 0 Å². The van der Waals surface area contributed by atoms with Gasteiger partial charge in [0.1, 0.15) is 23.1 Å². The molecule has 4 nitrogen and oxygen atoms in total. The molecule has 0 bridgehead atoms. The Bertz CT molecular complexity index is 642. The van der Waals surface area contributed by atoms with Gasteiger partial charge in [0.05, 0.1) is 20.3 Å². The first-order valence-corrected chi connectivity index (χ1v) is 7.09. The zero-order chi connectivity index (χ0) is 16.8. The first-order chi connectivity index (χ1) is 11.0. The van der Waals surface area contributed by atoms with Crippen LogP contribution >= 0.6 is 0 Å². The van der Waals surface area contributed by atoms with Crippen LogP contribution in [-0.2, 0) is 6.54 Å². The van der Waals surface area contributed by atoms with E-state index in [1.165, 1.54) is 26.4 Å². The van der Waals surface area contributed by atoms with Crippen LogP contribution in [0.4, 0.5) is 8.78 Å². The van der Waals surface area contributed by atoms with E-state index in [0.717, 1.165) is 6.07 Å². The smallest absolute Gasteiger partial charge is 0.130 e. The third-order valence-electron chi connectivity index (χ3n) is 3.43. The van der Waals surface area contributed by atoms with E-state index < -0.39 is 17.7 Å². The predicted molar refractivity (Wildman–Crippen MR) is 82.6 cm³/mol. The average molecular weight is 323 g/mol. The molecule has 0 aliphatic carbocycles. The molecule has 0 aliphatic heterocycles. The second-order valence-corrected chi connectivity index (χ2v) is 5.03. The number of rotatable bonds is 7. The first-order valence-electron chi connectivity index (χ1n) is 7.09. The molecule has 0 radical (unpaired) electrons. The Labute approximate surface area is 133 Å². The summed E-state index contributed by atoms with van der Waals surface area (Å²) in [5.74, 6) is -0.0873. The molecule has 124 valence electrons. The second-order valence-electron chi connectivity index (χ2n) is 5.03. The Morgan fingerprint density at radius 2 is 1.70 bits per heavy atom. The van der Waals surface area contributed by atoms with Crippen LogP contribution < -0.4 is 14.8 Å². The van der Waals surface area contributed by atoms with Crippen LogP contribution in [0.25, 0.3) is 0 Å². The lowest BCUT2D eigenvalue weighted by Crippen LogP contribution is -2.21. The molecular formula is C17H19F2NO3. The van der Waals surface area contributed by atoms with Crippen molar-refractivity contribution in [2.24, 2.45) is 0 Å². The summed E-state index contributed by atoms with van der Waals surface area (Å²) in [5.41, 5.74) is 0.954. The van der Waals surface area contributed by atoms with Crippen molar-refractivity contribution in [2.45, 2.75) is 12.6 Å². The number of methoxy groups -OCH3 is 2. The van der Waals surface area contributed by atoms with Gasteiger partial charge in [0.25, 0.3) is 0 Å². The van der Waals surface area contributed by atoms with E-state index in [1.807, 2.05) is 0 Å². The Kier molecular flexibility index (Phi) is 5.90. The van der Waals surface area contributed by atoms with Crippen LogP contribution in [0.15, 0.2) is 36.4 Å². The number of hydrogen-bond acceptors (Lipinski definition) is 4. The van der Waals surface area contributed by atoms with Crippen molar-refractivity contribution in [1.82, 2.24) is 5.32 Å². The molecular weight excluding hydrogens is 304 g/mol. The van der Waals surface area contributed by atoms with Crippen molar-refractivity contribution >= 4 is 0 Å². The lowest BCUT2D eigenvalue weighted by Gasteiger charge is -2.15. The Morgan fingerprint density at radius 1 is 1.04 bits per heavy atom. The maximum absolute atomic E-state index is 13.5. The molecule has 0 aliphatic rings. The zero-order valence-corrected chi connectivity index (χ0v) is 13.0. The summed E-state index contributed by atoms with van der Waals surface area (Å²) in [7, 11) is 3.06. The average Bonchev–Trinajstić information content (AvgIpc) is 2.56. The zero-order valence-electron chi connectivity index (χ0n) is 13.0. The van der Waals surface area contributed by atoms with E-state index in [-0.39, 0.29) is 13.1 Å². The lowest BCUT2D eigenvalue weighted by atomic mass is 10.1. The monoisotopic (exact) mass is 323 g/mol. The molecule has 0 saturated carbocycles. The molecule has 6 heteroatoms.